The highest BCUT2D eigenvalue weighted by Crippen LogP contribution is 2.26. The van der Waals surface area contributed by atoms with E-state index in [1.807, 2.05) is 24.4 Å². The molecule has 0 aliphatic carbocycles. The quantitative estimate of drug-likeness (QED) is 0.785. The van der Waals surface area contributed by atoms with E-state index in [1.54, 1.807) is 10.9 Å². The van der Waals surface area contributed by atoms with Gasteiger partial charge in [-0.3, -0.25) is 4.90 Å². The predicted octanol–water partition coefficient (Wildman–Crippen LogP) is 2.24. The Morgan fingerprint density at radius 2 is 2.32 bits per heavy atom. The van der Waals surface area contributed by atoms with Gasteiger partial charge in [0.25, 0.3) is 0 Å². The first kappa shape index (κ1) is 12.1. The van der Waals surface area contributed by atoms with Gasteiger partial charge < -0.3 is 0 Å². The molecule has 2 aromatic rings. The minimum Gasteiger partial charge on any atom is -0.299 e. The van der Waals surface area contributed by atoms with Gasteiger partial charge in [-0.1, -0.05) is 12.1 Å². The van der Waals surface area contributed by atoms with E-state index < -0.39 is 0 Å². The molecule has 2 aromatic heterocycles. The molecule has 0 N–H and O–H groups in total. The average Bonchev–Trinajstić information content (AvgIpc) is 3.11. The molecule has 0 amide bonds. The highest BCUT2D eigenvalue weighted by Gasteiger charge is 2.24. The lowest BCUT2D eigenvalue weighted by Crippen LogP contribution is -2.20. The molecular formula is C15H18N4. The number of likely N-dealkylation sites (tertiary alicyclic amines) is 1. The highest BCUT2D eigenvalue weighted by atomic mass is 15.3. The van der Waals surface area contributed by atoms with E-state index in [0.717, 1.165) is 25.5 Å². The van der Waals surface area contributed by atoms with Crippen molar-refractivity contribution in [1.29, 1.82) is 0 Å². The summed E-state index contributed by atoms with van der Waals surface area (Å²) in [5, 5.41) is 4.23. The van der Waals surface area contributed by atoms with Crippen LogP contribution in [0, 0.1) is 0 Å². The Kier molecular flexibility index (Phi) is 3.42. The molecule has 4 heteroatoms. The Bertz CT molecular complexity index is 547. The van der Waals surface area contributed by atoms with Crippen LogP contribution in [0.4, 0.5) is 0 Å². The molecule has 0 radical (unpaired) electrons. The van der Waals surface area contributed by atoms with Gasteiger partial charge >= 0.3 is 0 Å². The van der Waals surface area contributed by atoms with E-state index >= 15 is 0 Å². The smallest absolute Gasteiger partial charge is 0.153 e. The van der Waals surface area contributed by atoms with Crippen LogP contribution in [0.3, 0.4) is 0 Å². The summed E-state index contributed by atoms with van der Waals surface area (Å²) >= 11 is 0. The molecule has 3 rings (SSSR count). The maximum absolute atomic E-state index is 4.74. The van der Waals surface area contributed by atoms with E-state index in [-0.39, 0.29) is 0 Å². The molecule has 1 saturated heterocycles. The van der Waals surface area contributed by atoms with E-state index in [4.69, 9.17) is 4.98 Å². The molecule has 1 atom stereocenters. The van der Waals surface area contributed by atoms with Crippen LogP contribution >= 0.6 is 0 Å². The zero-order chi connectivity index (χ0) is 13.1. The molecule has 1 aliphatic rings. The molecule has 19 heavy (non-hydrogen) atoms. The lowest BCUT2D eigenvalue weighted by molar-refractivity contribution is 0.371. The summed E-state index contributed by atoms with van der Waals surface area (Å²) in [4.78, 5) is 7.16. The largest absolute Gasteiger partial charge is 0.299 e. The Balaban J connectivity index is 1.79. The van der Waals surface area contributed by atoms with Crippen LogP contribution in [-0.4, -0.2) is 39.3 Å². The summed E-state index contributed by atoms with van der Waals surface area (Å²) < 4.78 is 1.81. The summed E-state index contributed by atoms with van der Waals surface area (Å²) in [7, 11) is 0. The third-order valence-corrected chi connectivity index (χ3v) is 3.57. The lowest BCUT2D eigenvalue weighted by atomic mass is 10.0. The molecule has 0 bridgehead atoms. The number of hydrogen-bond donors (Lipinski definition) is 0. The van der Waals surface area contributed by atoms with Crippen LogP contribution in [0.1, 0.15) is 18.0 Å². The second kappa shape index (κ2) is 5.36. The van der Waals surface area contributed by atoms with E-state index in [2.05, 4.69) is 28.7 Å². The Morgan fingerprint density at radius 3 is 3.11 bits per heavy atom. The Labute approximate surface area is 113 Å². The summed E-state index contributed by atoms with van der Waals surface area (Å²) in [6.07, 6.45) is 6.83. The van der Waals surface area contributed by atoms with Gasteiger partial charge in [-0.25, -0.2) is 9.67 Å². The molecule has 1 unspecified atom stereocenters. The SMILES string of the molecule is C=CCN1CCC(c2cccc(-n3cccn3)n2)C1. The highest BCUT2D eigenvalue weighted by molar-refractivity contribution is 5.25. The van der Waals surface area contributed by atoms with Gasteiger partial charge in [0, 0.05) is 37.1 Å². The zero-order valence-corrected chi connectivity index (χ0v) is 10.9. The van der Waals surface area contributed by atoms with Gasteiger partial charge in [0.05, 0.1) is 0 Å². The van der Waals surface area contributed by atoms with Crippen molar-refractivity contribution < 1.29 is 0 Å². The first-order valence-electron chi connectivity index (χ1n) is 6.67. The molecule has 0 spiro atoms. The molecule has 1 aliphatic heterocycles. The summed E-state index contributed by atoms with van der Waals surface area (Å²) in [6, 6.07) is 8.09. The first-order chi connectivity index (χ1) is 9.36. The first-order valence-corrected chi connectivity index (χ1v) is 6.67. The zero-order valence-electron chi connectivity index (χ0n) is 10.9. The van der Waals surface area contributed by atoms with Crippen LogP contribution < -0.4 is 0 Å². The fraction of sp³-hybridized carbons (Fsp3) is 0.333. The molecule has 3 heterocycles. The average molecular weight is 254 g/mol. The fourth-order valence-corrected chi connectivity index (χ4v) is 2.62. The molecule has 0 aromatic carbocycles. The molecular weight excluding hydrogens is 236 g/mol. The van der Waals surface area contributed by atoms with Crippen LogP contribution in [0.2, 0.25) is 0 Å². The minimum atomic E-state index is 0.524. The second-order valence-electron chi connectivity index (χ2n) is 4.91. The number of hydrogen-bond acceptors (Lipinski definition) is 3. The minimum absolute atomic E-state index is 0.524. The molecule has 0 saturated carbocycles. The molecule has 1 fully saturated rings. The van der Waals surface area contributed by atoms with Crippen LogP contribution in [0.25, 0.3) is 5.82 Å². The lowest BCUT2D eigenvalue weighted by Gasteiger charge is -2.13. The summed E-state index contributed by atoms with van der Waals surface area (Å²) in [6.45, 7) is 6.97. The van der Waals surface area contributed by atoms with E-state index in [9.17, 15) is 0 Å². The van der Waals surface area contributed by atoms with Crippen molar-refractivity contribution in [3.05, 3.63) is 55.0 Å². The van der Waals surface area contributed by atoms with Crippen molar-refractivity contribution in [1.82, 2.24) is 19.7 Å². The monoisotopic (exact) mass is 254 g/mol. The van der Waals surface area contributed by atoms with Crippen molar-refractivity contribution in [2.75, 3.05) is 19.6 Å². The fourth-order valence-electron chi connectivity index (χ4n) is 2.62. The van der Waals surface area contributed by atoms with Crippen molar-refractivity contribution in [2.45, 2.75) is 12.3 Å². The molecule has 98 valence electrons. The van der Waals surface area contributed by atoms with E-state index in [1.165, 1.54) is 12.1 Å². The number of nitrogens with zero attached hydrogens (tertiary/aromatic N) is 4. The summed E-state index contributed by atoms with van der Waals surface area (Å²) in [5.41, 5.74) is 1.17. The Hall–Kier alpha value is -1.94. The van der Waals surface area contributed by atoms with Crippen LogP contribution in [0.5, 0.6) is 0 Å². The van der Waals surface area contributed by atoms with Crippen LogP contribution in [0.15, 0.2) is 49.3 Å². The maximum atomic E-state index is 4.74. The van der Waals surface area contributed by atoms with Crippen molar-refractivity contribution in [3.63, 3.8) is 0 Å². The second-order valence-corrected chi connectivity index (χ2v) is 4.91. The Morgan fingerprint density at radius 1 is 1.37 bits per heavy atom. The van der Waals surface area contributed by atoms with Crippen LogP contribution in [-0.2, 0) is 0 Å². The number of pyridine rings is 1. The van der Waals surface area contributed by atoms with Crippen molar-refractivity contribution in [3.8, 4) is 5.82 Å². The predicted molar refractivity (Wildman–Crippen MR) is 75.4 cm³/mol. The molecule has 4 nitrogen and oxygen atoms in total. The van der Waals surface area contributed by atoms with Gasteiger partial charge in [0.1, 0.15) is 0 Å². The van der Waals surface area contributed by atoms with Crippen molar-refractivity contribution in [2.24, 2.45) is 0 Å². The normalized spacial score (nSPS) is 19.7. The van der Waals surface area contributed by atoms with Gasteiger partial charge in [-0.2, -0.15) is 5.10 Å². The maximum Gasteiger partial charge on any atom is 0.153 e. The number of rotatable bonds is 4. The van der Waals surface area contributed by atoms with Gasteiger partial charge in [-0.15, -0.1) is 6.58 Å². The summed E-state index contributed by atoms with van der Waals surface area (Å²) in [5.74, 6) is 1.42. The third kappa shape index (κ3) is 2.58. The number of aromatic nitrogens is 3. The standard InChI is InChI=1S/C15H18N4/c1-2-9-18-11-7-13(12-18)14-5-3-6-15(17-14)19-10-4-8-16-19/h2-6,8,10,13H,1,7,9,11-12H2. The van der Waals surface area contributed by atoms with Gasteiger partial charge in [-0.05, 0) is 31.2 Å². The third-order valence-electron chi connectivity index (χ3n) is 3.57. The topological polar surface area (TPSA) is 34.0 Å². The van der Waals surface area contributed by atoms with Crippen molar-refractivity contribution >= 4 is 0 Å². The van der Waals surface area contributed by atoms with Gasteiger partial charge in [0.15, 0.2) is 5.82 Å². The van der Waals surface area contributed by atoms with Gasteiger partial charge in [0.2, 0.25) is 0 Å². The van der Waals surface area contributed by atoms with E-state index in [0.29, 0.717) is 5.92 Å².